The minimum Gasteiger partial charge on any atom is -0.303 e. The smallest absolute Gasteiger partial charge is 0.303 e. The maximum atomic E-state index is 10.5. The van der Waals surface area contributed by atoms with E-state index in [4.69, 9.17) is 9.79 Å². The molecular weight excluding hydrogens is 407 g/mol. The SMILES string of the molecule is CCCCCCCCCCCCCC#CC#CCCCCCCCCCOP(=O)(O)O. The van der Waals surface area contributed by atoms with Gasteiger partial charge in [-0.3, -0.25) is 4.52 Å². The summed E-state index contributed by atoms with van der Waals surface area (Å²) in [5.41, 5.74) is 0. The van der Waals surface area contributed by atoms with E-state index in [1.807, 2.05) is 0 Å². The minimum absolute atomic E-state index is 0.139. The molecule has 0 radical (unpaired) electrons. The maximum Gasteiger partial charge on any atom is 0.469 e. The number of phosphoric ester groups is 1. The second-order valence-corrected chi connectivity index (χ2v) is 9.68. The van der Waals surface area contributed by atoms with Crippen molar-refractivity contribution in [3.63, 3.8) is 0 Å². The third kappa shape index (κ3) is 29.2. The molecule has 0 fully saturated rings. The monoisotopic (exact) mass is 454 g/mol. The summed E-state index contributed by atoms with van der Waals surface area (Å²) in [4.78, 5) is 17.1. The van der Waals surface area contributed by atoms with Crippen molar-refractivity contribution in [1.82, 2.24) is 0 Å². The molecule has 2 N–H and O–H groups in total. The van der Waals surface area contributed by atoms with Gasteiger partial charge in [-0.2, -0.15) is 0 Å². The van der Waals surface area contributed by atoms with E-state index < -0.39 is 7.82 Å². The van der Waals surface area contributed by atoms with E-state index in [1.54, 1.807) is 0 Å². The van der Waals surface area contributed by atoms with Gasteiger partial charge < -0.3 is 9.79 Å². The molecule has 5 heteroatoms. The van der Waals surface area contributed by atoms with E-state index in [1.165, 1.54) is 83.5 Å². The van der Waals surface area contributed by atoms with Crippen molar-refractivity contribution in [2.24, 2.45) is 0 Å². The molecule has 0 saturated heterocycles. The van der Waals surface area contributed by atoms with Gasteiger partial charge in [-0.25, -0.2) is 4.57 Å². The average Bonchev–Trinajstić information content (AvgIpc) is 2.73. The van der Waals surface area contributed by atoms with Crippen LogP contribution >= 0.6 is 7.82 Å². The number of hydrogen-bond donors (Lipinski definition) is 2. The van der Waals surface area contributed by atoms with Gasteiger partial charge >= 0.3 is 7.82 Å². The summed E-state index contributed by atoms with van der Waals surface area (Å²) in [5, 5.41) is 0. The van der Waals surface area contributed by atoms with E-state index in [0.29, 0.717) is 6.42 Å². The molecule has 0 aliphatic heterocycles. The van der Waals surface area contributed by atoms with Crippen LogP contribution in [-0.2, 0) is 9.09 Å². The predicted octanol–water partition coefficient (Wildman–Crippen LogP) is 7.92. The molecule has 0 heterocycles. The summed E-state index contributed by atoms with van der Waals surface area (Å²) >= 11 is 0. The first-order valence-electron chi connectivity index (χ1n) is 12.7. The van der Waals surface area contributed by atoms with Crippen LogP contribution < -0.4 is 0 Å². The number of hydrogen-bond acceptors (Lipinski definition) is 2. The molecule has 0 aromatic carbocycles. The second kappa shape index (κ2) is 23.9. The topological polar surface area (TPSA) is 66.8 Å². The highest BCUT2D eigenvalue weighted by Crippen LogP contribution is 2.35. The van der Waals surface area contributed by atoms with Crippen molar-refractivity contribution in [2.45, 2.75) is 135 Å². The molecule has 4 nitrogen and oxygen atoms in total. The fourth-order valence-electron chi connectivity index (χ4n) is 3.47. The summed E-state index contributed by atoms with van der Waals surface area (Å²) in [6.45, 7) is 2.41. The maximum absolute atomic E-state index is 10.5. The Morgan fingerprint density at radius 3 is 1.32 bits per heavy atom. The lowest BCUT2D eigenvalue weighted by Crippen LogP contribution is -1.92. The van der Waals surface area contributed by atoms with Crippen molar-refractivity contribution in [3.8, 4) is 23.7 Å². The Morgan fingerprint density at radius 2 is 0.935 bits per heavy atom. The van der Waals surface area contributed by atoms with Gasteiger partial charge in [-0.15, -0.1) is 0 Å². The quantitative estimate of drug-likeness (QED) is 0.105. The van der Waals surface area contributed by atoms with Gasteiger partial charge in [0.1, 0.15) is 0 Å². The van der Waals surface area contributed by atoms with Crippen LogP contribution in [0.5, 0.6) is 0 Å². The standard InChI is InChI=1S/C26H47O4P/c1-2-3-4-5-6-7-8-9-10-11-12-13-14-15-16-17-18-19-20-21-22-23-24-25-26-30-31(27,28)29/h2-13,18-26H2,1H3,(H2,27,28,29). The van der Waals surface area contributed by atoms with E-state index in [-0.39, 0.29) is 6.61 Å². The highest BCUT2D eigenvalue weighted by atomic mass is 31.2. The lowest BCUT2D eigenvalue weighted by molar-refractivity contribution is 0.193. The zero-order chi connectivity index (χ0) is 22.9. The van der Waals surface area contributed by atoms with E-state index >= 15 is 0 Å². The number of unbranched alkanes of at least 4 members (excludes halogenated alkanes) is 18. The van der Waals surface area contributed by atoms with Gasteiger partial charge in [0.05, 0.1) is 6.61 Å². The lowest BCUT2D eigenvalue weighted by Gasteiger charge is -2.04. The van der Waals surface area contributed by atoms with Crippen LogP contribution in [0.2, 0.25) is 0 Å². The third-order valence-electron chi connectivity index (χ3n) is 5.35. The molecule has 0 amide bonds. The van der Waals surface area contributed by atoms with Gasteiger partial charge in [0.2, 0.25) is 0 Å². The molecule has 0 atom stereocenters. The van der Waals surface area contributed by atoms with Crippen molar-refractivity contribution in [3.05, 3.63) is 0 Å². The van der Waals surface area contributed by atoms with Gasteiger partial charge in [0.15, 0.2) is 0 Å². The number of rotatable bonds is 21. The molecule has 180 valence electrons. The van der Waals surface area contributed by atoms with Gasteiger partial charge in [-0.1, -0.05) is 115 Å². The molecule has 0 unspecified atom stereocenters. The summed E-state index contributed by atoms with van der Waals surface area (Å²) in [5.74, 6) is 12.3. The Kier molecular flexibility index (Phi) is 23.3. The minimum atomic E-state index is -4.29. The highest BCUT2D eigenvalue weighted by molar-refractivity contribution is 7.46. The Bertz CT molecular complexity index is 547. The van der Waals surface area contributed by atoms with Gasteiger partial charge in [0.25, 0.3) is 0 Å². The highest BCUT2D eigenvalue weighted by Gasteiger charge is 2.12. The first-order valence-corrected chi connectivity index (χ1v) is 14.2. The Labute approximate surface area is 192 Å². The predicted molar refractivity (Wildman–Crippen MR) is 132 cm³/mol. The van der Waals surface area contributed by atoms with Crippen LogP contribution in [0.3, 0.4) is 0 Å². The van der Waals surface area contributed by atoms with Crippen LogP contribution in [0, 0.1) is 23.7 Å². The van der Waals surface area contributed by atoms with E-state index in [9.17, 15) is 4.57 Å². The summed E-state index contributed by atoms with van der Waals surface area (Å²) in [6, 6.07) is 0. The Hall–Kier alpha value is -0.770. The number of phosphoric acid groups is 1. The molecule has 31 heavy (non-hydrogen) atoms. The normalized spacial score (nSPS) is 10.9. The largest absolute Gasteiger partial charge is 0.469 e. The van der Waals surface area contributed by atoms with Crippen LogP contribution in [0.25, 0.3) is 0 Å². The van der Waals surface area contributed by atoms with E-state index in [2.05, 4.69) is 35.1 Å². The fraction of sp³-hybridized carbons (Fsp3) is 0.846. The molecule has 0 aliphatic carbocycles. The zero-order valence-corrected chi connectivity index (χ0v) is 20.9. The molecule has 0 saturated carbocycles. The average molecular weight is 455 g/mol. The Morgan fingerprint density at radius 1 is 0.581 bits per heavy atom. The van der Waals surface area contributed by atoms with Crippen molar-refractivity contribution in [2.75, 3.05) is 6.61 Å². The third-order valence-corrected chi connectivity index (χ3v) is 5.87. The zero-order valence-electron chi connectivity index (χ0n) is 20.0. The first kappa shape index (κ1) is 30.2. The molecule has 0 aromatic rings. The molecule has 0 aromatic heterocycles. The molecular formula is C26H47O4P. The Balaban J connectivity index is 3.26. The van der Waals surface area contributed by atoms with Crippen LogP contribution in [-0.4, -0.2) is 16.4 Å². The summed E-state index contributed by atoms with van der Waals surface area (Å²) < 4.78 is 14.9. The van der Waals surface area contributed by atoms with E-state index in [0.717, 1.165) is 38.5 Å². The molecule has 0 rings (SSSR count). The van der Waals surface area contributed by atoms with Gasteiger partial charge in [0, 0.05) is 12.8 Å². The first-order chi connectivity index (χ1) is 15.1. The van der Waals surface area contributed by atoms with Crippen LogP contribution in [0.4, 0.5) is 0 Å². The second-order valence-electron chi connectivity index (χ2n) is 8.44. The molecule has 0 spiro atoms. The van der Waals surface area contributed by atoms with Crippen LogP contribution in [0.15, 0.2) is 0 Å². The fourth-order valence-corrected chi connectivity index (χ4v) is 3.84. The van der Waals surface area contributed by atoms with Crippen molar-refractivity contribution < 1.29 is 18.9 Å². The van der Waals surface area contributed by atoms with Crippen LogP contribution in [0.1, 0.15) is 135 Å². The van der Waals surface area contributed by atoms with Crippen molar-refractivity contribution >= 4 is 7.82 Å². The summed E-state index contributed by atoms with van der Waals surface area (Å²) in [6.07, 6.45) is 24.3. The molecule has 0 bridgehead atoms. The van der Waals surface area contributed by atoms with Crippen molar-refractivity contribution in [1.29, 1.82) is 0 Å². The van der Waals surface area contributed by atoms with Gasteiger partial charge in [-0.05, 0) is 31.1 Å². The lowest BCUT2D eigenvalue weighted by atomic mass is 10.1. The molecule has 0 aliphatic rings. The summed E-state index contributed by atoms with van der Waals surface area (Å²) in [7, 11) is -4.29.